The van der Waals surface area contributed by atoms with Crippen LogP contribution >= 0.6 is 0 Å². The Kier molecular flexibility index (Phi) is 1.02. The van der Waals surface area contributed by atoms with Crippen molar-refractivity contribution in [3.05, 3.63) is 24.3 Å². The van der Waals surface area contributed by atoms with Crippen LogP contribution in [0, 0.1) is 0 Å². The van der Waals surface area contributed by atoms with E-state index in [1.807, 2.05) is 0 Å². The first-order chi connectivity index (χ1) is 5.54. The van der Waals surface area contributed by atoms with Crippen molar-refractivity contribution in [2.75, 3.05) is 7.11 Å². The minimum atomic E-state index is -3.37. The molecule has 0 bridgehead atoms. The summed E-state index contributed by atoms with van der Waals surface area (Å²) in [5, 5.41) is 0.475. The topological polar surface area (TPSA) is 9.23 Å². The Bertz CT molecular complexity index is 254. The van der Waals surface area contributed by atoms with Crippen LogP contribution in [0.1, 0.15) is 0 Å². The zero-order chi connectivity index (χ0) is 9.19. The van der Waals surface area contributed by atoms with Crippen LogP contribution in [0.2, 0.25) is 0 Å². The molecule has 1 rings (SSSR count). The minimum absolute atomic E-state index is 0.475. The molecule has 0 amide bonds. The van der Waals surface area contributed by atoms with Gasteiger partial charge in [0.25, 0.3) is 0 Å². The van der Waals surface area contributed by atoms with Gasteiger partial charge in [-0.2, -0.15) is 0 Å². The Morgan fingerprint density at radius 1 is 1.44 bits per heavy atom. The average molecular weight is 144 g/mol. The van der Waals surface area contributed by atoms with Gasteiger partial charge in [-0.3, -0.25) is 0 Å². The van der Waals surface area contributed by atoms with Gasteiger partial charge in [0.1, 0.15) is 5.75 Å². The van der Waals surface area contributed by atoms with Gasteiger partial charge in [0.05, 0.1) is 7.11 Å². The Labute approximate surface area is 61.8 Å². The Morgan fingerprint density at radius 2 is 2.11 bits per heavy atom. The van der Waals surface area contributed by atoms with E-state index >= 15 is 0 Å². The summed E-state index contributed by atoms with van der Waals surface area (Å²) in [6.07, 6.45) is 0. The smallest absolute Gasteiger partial charge is 0.118 e. The summed E-state index contributed by atoms with van der Waals surface area (Å²) in [4.78, 5) is 0. The summed E-state index contributed by atoms with van der Waals surface area (Å²) in [7, 11) is -1.82. The van der Waals surface area contributed by atoms with E-state index in [9.17, 15) is 0 Å². The molecule has 2 heteroatoms. The molecule has 0 N–H and O–H groups in total. The zero-order valence-corrected chi connectivity index (χ0v) is 6.22. The Morgan fingerprint density at radius 3 is 2.56 bits per heavy atom. The van der Waals surface area contributed by atoms with E-state index < -0.39 is 10.0 Å². The van der Waals surface area contributed by atoms with Gasteiger partial charge in [0.15, 0.2) is 0 Å². The molecular formula is C7H10OSi. The number of rotatable bonds is 2. The first-order valence-electron chi connectivity index (χ1n) is 4.18. The van der Waals surface area contributed by atoms with Gasteiger partial charge < -0.3 is 4.74 Å². The van der Waals surface area contributed by atoms with Gasteiger partial charge in [-0.1, -0.05) is 17.3 Å². The van der Waals surface area contributed by atoms with E-state index in [2.05, 4.69) is 0 Å². The Balaban J connectivity index is 2.93. The summed E-state index contributed by atoms with van der Waals surface area (Å²) in [6.45, 7) is 0. The number of hydrogen-bond donors (Lipinski definition) is 0. The predicted octanol–water partition coefficient (Wildman–Crippen LogP) is -0.314. The predicted molar refractivity (Wildman–Crippen MR) is 42.6 cm³/mol. The standard InChI is InChI=1S/C7H10OSi/c1-8-6-2-4-7(9)5-3-6/h2-5H,1,9H3/i9T3. The van der Waals surface area contributed by atoms with Gasteiger partial charge in [0, 0.05) is 13.7 Å². The highest BCUT2D eigenvalue weighted by atomic mass is 28.1. The number of hydrogen-bond acceptors (Lipinski definition) is 1. The van der Waals surface area contributed by atoms with E-state index in [-0.39, 0.29) is 0 Å². The molecule has 0 radical (unpaired) electrons. The third-order valence-electron chi connectivity index (χ3n) is 1.09. The van der Waals surface area contributed by atoms with Crippen LogP contribution in [0.15, 0.2) is 24.3 Å². The lowest BCUT2D eigenvalue weighted by atomic mass is 10.3. The van der Waals surface area contributed by atoms with E-state index in [0.29, 0.717) is 10.9 Å². The van der Waals surface area contributed by atoms with Crippen LogP contribution in [0.25, 0.3) is 0 Å². The molecular weight excluding hydrogens is 128 g/mol. The first-order valence-corrected chi connectivity index (χ1v) is 3.18. The highest BCUT2D eigenvalue weighted by molar-refractivity contribution is 6.32. The molecule has 1 nitrogen and oxygen atoms in total. The molecule has 0 saturated heterocycles. The van der Waals surface area contributed by atoms with Crippen molar-refractivity contribution in [1.82, 2.24) is 0 Å². The summed E-state index contributed by atoms with van der Waals surface area (Å²) < 4.78 is 26.6. The Hall–Kier alpha value is -0.763. The third-order valence-corrected chi connectivity index (χ3v) is 1.42. The van der Waals surface area contributed by atoms with E-state index in [1.165, 1.54) is 0 Å². The number of benzene rings is 1. The number of ether oxygens (including phenoxy) is 1. The van der Waals surface area contributed by atoms with E-state index in [0.717, 1.165) is 0 Å². The van der Waals surface area contributed by atoms with Crippen LogP contribution < -0.4 is 9.92 Å². The van der Waals surface area contributed by atoms with Crippen molar-refractivity contribution in [3.8, 4) is 5.75 Å². The minimum Gasteiger partial charge on any atom is -0.497 e. The van der Waals surface area contributed by atoms with Crippen LogP contribution in [0.4, 0.5) is 0 Å². The lowest BCUT2D eigenvalue weighted by Gasteiger charge is -1.97. The summed E-state index contributed by atoms with van der Waals surface area (Å²) >= 11 is 0. The SMILES string of the molecule is [3H][Si]([3H])([3H])c1ccc(OC)cc1. The molecule has 0 aliphatic rings. The fourth-order valence-corrected chi connectivity index (χ4v) is 0.758. The second kappa shape index (κ2) is 2.69. The van der Waals surface area contributed by atoms with Crippen molar-refractivity contribution < 1.29 is 4.74 Å². The van der Waals surface area contributed by atoms with Crippen molar-refractivity contribution in [2.45, 2.75) is 0 Å². The molecule has 0 unspecified atom stereocenters. The van der Waals surface area contributed by atoms with E-state index in [4.69, 9.17) is 8.44 Å². The first kappa shape index (κ1) is 3.42. The van der Waals surface area contributed by atoms with Crippen molar-refractivity contribution in [1.29, 1.82) is 3.70 Å². The third kappa shape index (κ3) is 1.57. The second-order valence-corrected chi connectivity index (χ2v) is 2.31. The van der Waals surface area contributed by atoms with Gasteiger partial charge >= 0.3 is 0 Å². The van der Waals surface area contributed by atoms with E-state index in [1.54, 1.807) is 31.4 Å². The maximum Gasteiger partial charge on any atom is 0.118 e. The largest absolute Gasteiger partial charge is 0.497 e. The van der Waals surface area contributed by atoms with Crippen molar-refractivity contribution >= 4 is 15.2 Å². The zero-order valence-electron chi connectivity index (χ0n) is 8.22. The lowest BCUT2D eigenvalue weighted by molar-refractivity contribution is 0.415. The molecule has 1 aromatic carbocycles. The molecule has 48 valence electrons. The molecule has 0 aromatic heterocycles. The normalized spacial score (nSPS) is 15.4. The molecule has 9 heavy (non-hydrogen) atoms. The molecule has 1 aromatic rings. The van der Waals surface area contributed by atoms with Crippen LogP contribution in [-0.4, -0.2) is 20.9 Å². The van der Waals surface area contributed by atoms with Crippen LogP contribution in [-0.2, 0) is 0 Å². The lowest BCUT2D eigenvalue weighted by Crippen LogP contribution is -1.99. The average Bonchev–Trinajstić information content (AvgIpc) is 2.03. The van der Waals surface area contributed by atoms with Crippen molar-refractivity contribution in [3.63, 3.8) is 0 Å². The summed E-state index contributed by atoms with van der Waals surface area (Å²) in [5.41, 5.74) is 0. The highest BCUT2D eigenvalue weighted by Gasteiger charge is 1.85. The van der Waals surface area contributed by atoms with Gasteiger partial charge in [-0.25, -0.2) is 0 Å². The summed E-state index contributed by atoms with van der Waals surface area (Å²) in [5.74, 6) is 0.692. The molecule has 0 aliphatic carbocycles. The van der Waals surface area contributed by atoms with Crippen LogP contribution in [0.5, 0.6) is 5.75 Å². The fourth-order valence-electron chi connectivity index (χ4n) is 0.591. The van der Waals surface area contributed by atoms with Gasteiger partial charge in [-0.15, -0.1) is 0 Å². The van der Waals surface area contributed by atoms with Crippen molar-refractivity contribution in [2.24, 2.45) is 0 Å². The number of methoxy groups -OCH3 is 1. The highest BCUT2D eigenvalue weighted by Crippen LogP contribution is 2.04. The van der Waals surface area contributed by atoms with Crippen LogP contribution in [0.3, 0.4) is 0 Å². The molecule has 0 heterocycles. The monoisotopic (exact) mass is 144 g/mol. The molecule has 0 saturated carbocycles. The fraction of sp³-hybridized carbons (Fsp3) is 0.143. The maximum atomic E-state index is 7.23. The molecule has 0 aliphatic heterocycles. The molecule has 0 spiro atoms. The van der Waals surface area contributed by atoms with Gasteiger partial charge in [-0.05, 0) is 12.1 Å². The van der Waals surface area contributed by atoms with Gasteiger partial charge in [0.2, 0.25) is 0 Å². The molecule has 0 fully saturated rings. The quantitative estimate of drug-likeness (QED) is 0.517. The molecule has 0 atom stereocenters. The second-order valence-electron chi connectivity index (χ2n) is 1.73. The summed E-state index contributed by atoms with van der Waals surface area (Å²) in [6, 6.07) is 6.57. The maximum absolute atomic E-state index is 7.23.